The van der Waals surface area contributed by atoms with Crippen LogP contribution in [0.5, 0.6) is 0 Å². The van der Waals surface area contributed by atoms with Gasteiger partial charge in [0.25, 0.3) is 0 Å². The molecule has 30 heavy (non-hydrogen) atoms. The van der Waals surface area contributed by atoms with E-state index in [-0.39, 0.29) is 12.5 Å². The molecule has 0 saturated heterocycles. The summed E-state index contributed by atoms with van der Waals surface area (Å²) in [5.74, 6) is 1.37. The van der Waals surface area contributed by atoms with E-state index in [2.05, 4.69) is 73.9 Å². The van der Waals surface area contributed by atoms with Gasteiger partial charge in [-0.2, -0.15) is 10.1 Å². The Morgan fingerprint density at radius 2 is 1.83 bits per heavy atom. The summed E-state index contributed by atoms with van der Waals surface area (Å²) in [6.07, 6.45) is 1.79. The van der Waals surface area contributed by atoms with Gasteiger partial charge in [-0.15, -0.1) is 0 Å². The number of aliphatic hydroxyl groups excluding tert-OH is 1. The number of rotatable bonds is 8. The third-order valence-corrected chi connectivity index (χ3v) is 4.77. The largest absolute Gasteiger partial charge is 0.395 e. The lowest BCUT2D eigenvalue weighted by Gasteiger charge is -2.10. The average molecular weight is 403 g/mol. The van der Waals surface area contributed by atoms with Gasteiger partial charge in [-0.25, -0.2) is 4.98 Å². The summed E-state index contributed by atoms with van der Waals surface area (Å²) in [6.45, 7) is 5.17. The second-order valence-corrected chi connectivity index (χ2v) is 7.30. The molecule has 0 aliphatic carbocycles. The van der Waals surface area contributed by atoms with Crippen LogP contribution in [0.15, 0.2) is 48.7 Å². The van der Waals surface area contributed by atoms with Crippen LogP contribution in [0, 0.1) is 0 Å². The molecule has 1 aromatic carbocycles. The molecule has 0 spiro atoms. The van der Waals surface area contributed by atoms with Crippen molar-refractivity contribution in [1.82, 2.24) is 25.1 Å². The zero-order chi connectivity index (χ0) is 20.9. The van der Waals surface area contributed by atoms with Gasteiger partial charge in [0.2, 0.25) is 5.95 Å². The first-order valence-corrected chi connectivity index (χ1v) is 10.0. The number of aromatic nitrogens is 5. The van der Waals surface area contributed by atoms with E-state index in [9.17, 15) is 0 Å². The van der Waals surface area contributed by atoms with Crippen molar-refractivity contribution in [2.75, 3.05) is 23.8 Å². The highest BCUT2D eigenvalue weighted by Gasteiger charge is 2.16. The molecule has 0 fully saturated rings. The second-order valence-electron chi connectivity index (χ2n) is 7.30. The molecule has 4 aromatic rings. The summed E-state index contributed by atoms with van der Waals surface area (Å²) in [4.78, 5) is 13.5. The molecule has 4 rings (SSSR count). The van der Waals surface area contributed by atoms with Crippen molar-refractivity contribution < 1.29 is 5.11 Å². The smallest absolute Gasteiger partial charge is 0.225 e. The van der Waals surface area contributed by atoms with Crippen LogP contribution in [0.4, 0.5) is 11.8 Å². The summed E-state index contributed by atoms with van der Waals surface area (Å²) in [7, 11) is 0. The lowest BCUT2D eigenvalue weighted by molar-refractivity contribution is 0.311. The van der Waals surface area contributed by atoms with Gasteiger partial charge >= 0.3 is 0 Å². The van der Waals surface area contributed by atoms with E-state index in [1.165, 1.54) is 0 Å². The first kappa shape index (κ1) is 19.8. The fourth-order valence-electron chi connectivity index (χ4n) is 3.20. The van der Waals surface area contributed by atoms with Crippen molar-refractivity contribution >= 4 is 22.8 Å². The van der Waals surface area contributed by atoms with Gasteiger partial charge in [0, 0.05) is 24.8 Å². The number of aromatic amines is 1. The minimum absolute atomic E-state index is 0.00913. The van der Waals surface area contributed by atoms with Crippen LogP contribution in [0.1, 0.15) is 31.0 Å². The number of nitrogens with zero attached hydrogens (tertiary/aromatic N) is 4. The van der Waals surface area contributed by atoms with E-state index in [0.717, 1.165) is 28.0 Å². The first-order valence-electron chi connectivity index (χ1n) is 10.0. The maximum Gasteiger partial charge on any atom is 0.225 e. The van der Waals surface area contributed by atoms with E-state index in [1.807, 2.05) is 18.2 Å². The van der Waals surface area contributed by atoms with Crippen molar-refractivity contribution in [2.45, 2.75) is 26.3 Å². The van der Waals surface area contributed by atoms with Crippen molar-refractivity contribution in [3.8, 4) is 11.3 Å². The van der Waals surface area contributed by atoms with Gasteiger partial charge < -0.3 is 15.7 Å². The highest BCUT2D eigenvalue weighted by molar-refractivity contribution is 5.88. The van der Waals surface area contributed by atoms with E-state index >= 15 is 0 Å². The molecule has 8 heteroatoms. The Balaban J connectivity index is 1.57. The Morgan fingerprint density at radius 1 is 1.00 bits per heavy atom. The Bertz CT molecular complexity index is 1110. The third kappa shape index (κ3) is 4.23. The number of aliphatic hydroxyl groups is 1. The molecule has 0 unspecified atom stereocenters. The Kier molecular flexibility index (Phi) is 5.85. The van der Waals surface area contributed by atoms with Gasteiger partial charge in [-0.05, 0) is 23.6 Å². The number of pyridine rings is 1. The van der Waals surface area contributed by atoms with Gasteiger partial charge in [0.1, 0.15) is 5.52 Å². The van der Waals surface area contributed by atoms with Gasteiger partial charge in [-0.3, -0.25) is 10.1 Å². The fourth-order valence-corrected chi connectivity index (χ4v) is 3.20. The predicted molar refractivity (Wildman–Crippen MR) is 118 cm³/mol. The Morgan fingerprint density at radius 3 is 2.53 bits per heavy atom. The van der Waals surface area contributed by atoms with Gasteiger partial charge in [-0.1, -0.05) is 44.2 Å². The highest BCUT2D eigenvalue weighted by Crippen LogP contribution is 2.27. The summed E-state index contributed by atoms with van der Waals surface area (Å²) in [5, 5.41) is 23.1. The number of anilines is 2. The molecule has 0 atom stereocenters. The van der Waals surface area contributed by atoms with Crippen molar-refractivity contribution in [3.63, 3.8) is 0 Å². The molecule has 4 N–H and O–H groups in total. The molecule has 0 saturated carbocycles. The lowest BCUT2D eigenvalue weighted by Crippen LogP contribution is -2.11. The third-order valence-electron chi connectivity index (χ3n) is 4.77. The quantitative estimate of drug-likeness (QED) is 0.356. The van der Waals surface area contributed by atoms with Crippen molar-refractivity contribution in [2.24, 2.45) is 0 Å². The van der Waals surface area contributed by atoms with E-state index in [1.54, 1.807) is 6.20 Å². The Hall–Kier alpha value is -3.52. The topological polar surface area (TPSA) is 112 Å². The molecular formula is C22H25N7O. The molecule has 3 heterocycles. The van der Waals surface area contributed by atoms with Crippen LogP contribution in [0.25, 0.3) is 22.3 Å². The van der Waals surface area contributed by atoms with E-state index < -0.39 is 0 Å². The number of H-pyrrole nitrogens is 1. The predicted octanol–water partition coefficient (Wildman–Crippen LogP) is 3.55. The average Bonchev–Trinajstić information content (AvgIpc) is 3.21. The Labute approximate surface area is 174 Å². The second kappa shape index (κ2) is 8.87. The number of hydrogen-bond acceptors (Lipinski definition) is 7. The number of hydrogen-bond donors (Lipinski definition) is 4. The minimum atomic E-state index is 0.00913. The maximum absolute atomic E-state index is 9.11. The van der Waals surface area contributed by atoms with Crippen LogP contribution >= 0.6 is 0 Å². The normalized spacial score (nSPS) is 11.2. The molecule has 0 bridgehead atoms. The molecular weight excluding hydrogens is 378 g/mol. The van der Waals surface area contributed by atoms with Gasteiger partial charge in [0.15, 0.2) is 11.3 Å². The highest BCUT2D eigenvalue weighted by atomic mass is 16.3. The summed E-state index contributed by atoms with van der Waals surface area (Å²) < 4.78 is 0. The SMILES string of the molecule is CC(C)c1[nH]nc2c(NCc3ccc(-c4ccccn4)cc3)nc(NCCO)nc12. The molecule has 3 aromatic heterocycles. The molecule has 8 nitrogen and oxygen atoms in total. The van der Waals surface area contributed by atoms with E-state index in [4.69, 9.17) is 5.11 Å². The monoisotopic (exact) mass is 403 g/mol. The van der Waals surface area contributed by atoms with E-state index in [0.29, 0.717) is 30.4 Å². The van der Waals surface area contributed by atoms with Crippen molar-refractivity contribution in [3.05, 3.63) is 59.9 Å². The zero-order valence-corrected chi connectivity index (χ0v) is 17.1. The van der Waals surface area contributed by atoms with Crippen LogP contribution in [-0.2, 0) is 6.54 Å². The molecule has 0 aliphatic heterocycles. The molecule has 154 valence electrons. The van der Waals surface area contributed by atoms with Crippen LogP contribution in [-0.4, -0.2) is 43.4 Å². The van der Waals surface area contributed by atoms with Crippen LogP contribution in [0.3, 0.4) is 0 Å². The zero-order valence-electron chi connectivity index (χ0n) is 17.1. The van der Waals surface area contributed by atoms with Crippen LogP contribution < -0.4 is 10.6 Å². The molecule has 0 amide bonds. The molecule has 0 aliphatic rings. The summed E-state index contributed by atoms with van der Waals surface area (Å²) in [5.41, 5.74) is 5.60. The van der Waals surface area contributed by atoms with Gasteiger partial charge in [0.05, 0.1) is 18.0 Å². The summed E-state index contributed by atoms with van der Waals surface area (Å²) in [6, 6.07) is 14.2. The number of fused-ring (bicyclic) bond motifs is 1. The summed E-state index contributed by atoms with van der Waals surface area (Å²) >= 11 is 0. The number of benzene rings is 1. The lowest BCUT2D eigenvalue weighted by atomic mass is 10.1. The molecule has 0 radical (unpaired) electrons. The maximum atomic E-state index is 9.11. The van der Waals surface area contributed by atoms with Crippen LogP contribution in [0.2, 0.25) is 0 Å². The fraction of sp³-hybridized carbons (Fsp3) is 0.273. The first-order chi connectivity index (χ1) is 14.7. The number of nitrogens with one attached hydrogen (secondary N) is 3. The minimum Gasteiger partial charge on any atom is -0.395 e. The van der Waals surface area contributed by atoms with Crippen molar-refractivity contribution in [1.29, 1.82) is 0 Å². The standard InChI is InChI=1S/C22H25N7O/c1-14(2)18-19-20(29-28-18)21(27-22(26-19)24-11-12-30)25-13-15-6-8-16(9-7-15)17-5-3-4-10-23-17/h3-10,14,30H,11-13H2,1-2H3,(H,28,29)(H2,24,25,26,27).